The van der Waals surface area contributed by atoms with Crippen LogP contribution in [0.1, 0.15) is 6.42 Å². The van der Waals surface area contributed by atoms with Crippen molar-refractivity contribution in [3.8, 4) is 0 Å². The first-order valence-electron chi connectivity index (χ1n) is 6.78. The van der Waals surface area contributed by atoms with E-state index in [-0.39, 0.29) is 5.91 Å². The topological polar surface area (TPSA) is 50.4 Å². The standard InChI is InChI=1S/C16H20N2O2/c1-20-11-10-18-16(19)8-9-17-15-7-6-13-4-2-3-5-14(13)12-15/h2-7,12,17H,8-11H2,1H3,(H,18,19). The van der Waals surface area contributed by atoms with Crippen LogP contribution < -0.4 is 10.6 Å². The lowest BCUT2D eigenvalue weighted by Gasteiger charge is -2.08. The lowest BCUT2D eigenvalue weighted by molar-refractivity contribution is -0.121. The van der Waals surface area contributed by atoms with Gasteiger partial charge in [0.2, 0.25) is 5.91 Å². The maximum atomic E-state index is 11.5. The second-order valence-corrected chi connectivity index (χ2v) is 4.58. The number of anilines is 1. The summed E-state index contributed by atoms with van der Waals surface area (Å²) in [6.45, 7) is 1.73. The molecule has 4 nitrogen and oxygen atoms in total. The number of carbonyl (C=O) groups excluding carboxylic acids is 1. The molecular formula is C16H20N2O2. The molecule has 2 rings (SSSR count). The highest BCUT2D eigenvalue weighted by atomic mass is 16.5. The fraction of sp³-hybridized carbons (Fsp3) is 0.312. The Morgan fingerprint density at radius 3 is 2.70 bits per heavy atom. The highest BCUT2D eigenvalue weighted by Gasteiger charge is 2.00. The lowest BCUT2D eigenvalue weighted by atomic mass is 10.1. The van der Waals surface area contributed by atoms with Crippen molar-refractivity contribution in [3.63, 3.8) is 0 Å². The first-order chi connectivity index (χ1) is 9.79. The second kappa shape index (κ2) is 7.50. The summed E-state index contributed by atoms with van der Waals surface area (Å²) in [5, 5.41) is 8.48. The molecule has 20 heavy (non-hydrogen) atoms. The number of carbonyl (C=O) groups is 1. The first kappa shape index (κ1) is 14.3. The normalized spacial score (nSPS) is 10.4. The molecule has 0 spiro atoms. The van der Waals surface area contributed by atoms with Crippen LogP contribution in [0.3, 0.4) is 0 Å². The van der Waals surface area contributed by atoms with E-state index in [4.69, 9.17) is 4.74 Å². The van der Waals surface area contributed by atoms with Crippen molar-refractivity contribution in [2.75, 3.05) is 32.1 Å². The van der Waals surface area contributed by atoms with Gasteiger partial charge in [-0.1, -0.05) is 30.3 Å². The first-order valence-corrected chi connectivity index (χ1v) is 6.78. The summed E-state index contributed by atoms with van der Waals surface area (Å²) in [7, 11) is 1.62. The summed E-state index contributed by atoms with van der Waals surface area (Å²) >= 11 is 0. The minimum atomic E-state index is 0.0374. The number of benzene rings is 2. The molecule has 4 heteroatoms. The smallest absolute Gasteiger partial charge is 0.221 e. The van der Waals surface area contributed by atoms with Crippen LogP contribution in [0.5, 0.6) is 0 Å². The molecule has 0 aliphatic carbocycles. The van der Waals surface area contributed by atoms with E-state index in [1.165, 1.54) is 10.8 Å². The van der Waals surface area contributed by atoms with Crippen LogP contribution >= 0.6 is 0 Å². The molecule has 0 radical (unpaired) electrons. The fourth-order valence-corrected chi connectivity index (χ4v) is 2.00. The monoisotopic (exact) mass is 272 g/mol. The van der Waals surface area contributed by atoms with Crippen LogP contribution in [0.25, 0.3) is 10.8 Å². The van der Waals surface area contributed by atoms with E-state index in [0.717, 1.165) is 5.69 Å². The highest BCUT2D eigenvalue weighted by molar-refractivity contribution is 5.85. The summed E-state index contributed by atoms with van der Waals surface area (Å²) in [5.41, 5.74) is 1.04. The van der Waals surface area contributed by atoms with Crippen molar-refractivity contribution in [3.05, 3.63) is 42.5 Å². The van der Waals surface area contributed by atoms with Crippen LogP contribution in [-0.2, 0) is 9.53 Å². The number of fused-ring (bicyclic) bond motifs is 1. The number of hydrogen-bond donors (Lipinski definition) is 2. The van der Waals surface area contributed by atoms with Crippen molar-refractivity contribution >= 4 is 22.4 Å². The molecule has 0 aliphatic rings. The molecule has 2 aromatic rings. The SMILES string of the molecule is COCCNC(=O)CCNc1ccc2ccccc2c1. The number of nitrogens with one attached hydrogen (secondary N) is 2. The Hall–Kier alpha value is -2.07. The van der Waals surface area contributed by atoms with E-state index in [2.05, 4.69) is 34.9 Å². The van der Waals surface area contributed by atoms with Gasteiger partial charge in [0.05, 0.1) is 6.61 Å². The minimum absolute atomic E-state index is 0.0374. The van der Waals surface area contributed by atoms with Crippen LogP contribution in [-0.4, -0.2) is 32.7 Å². The minimum Gasteiger partial charge on any atom is -0.385 e. The predicted octanol–water partition coefficient (Wildman–Crippen LogP) is 2.40. The van der Waals surface area contributed by atoms with Crippen molar-refractivity contribution < 1.29 is 9.53 Å². The molecule has 0 saturated heterocycles. The van der Waals surface area contributed by atoms with Crippen LogP contribution in [0.15, 0.2) is 42.5 Å². The molecule has 2 aromatic carbocycles. The van der Waals surface area contributed by atoms with Gasteiger partial charge in [-0.25, -0.2) is 0 Å². The Labute approximate surface area is 119 Å². The van der Waals surface area contributed by atoms with Crippen LogP contribution in [0, 0.1) is 0 Å². The molecule has 0 unspecified atom stereocenters. The Morgan fingerprint density at radius 2 is 1.90 bits per heavy atom. The third-order valence-corrected chi connectivity index (χ3v) is 3.06. The Morgan fingerprint density at radius 1 is 1.10 bits per heavy atom. The molecule has 0 bridgehead atoms. The molecule has 0 fully saturated rings. The molecule has 0 saturated carbocycles. The second-order valence-electron chi connectivity index (χ2n) is 4.58. The molecule has 2 N–H and O–H groups in total. The predicted molar refractivity (Wildman–Crippen MR) is 81.9 cm³/mol. The van der Waals surface area contributed by atoms with Gasteiger partial charge in [-0.2, -0.15) is 0 Å². The van der Waals surface area contributed by atoms with Gasteiger partial charge in [0, 0.05) is 32.3 Å². The maximum absolute atomic E-state index is 11.5. The molecule has 0 atom stereocenters. The van der Waals surface area contributed by atoms with Gasteiger partial charge >= 0.3 is 0 Å². The van der Waals surface area contributed by atoms with E-state index < -0.39 is 0 Å². The summed E-state index contributed by atoms with van der Waals surface area (Å²) < 4.78 is 4.88. The van der Waals surface area contributed by atoms with Crippen LogP contribution in [0.2, 0.25) is 0 Å². The van der Waals surface area contributed by atoms with Gasteiger partial charge in [-0.05, 0) is 22.9 Å². The van der Waals surface area contributed by atoms with Gasteiger partial charge in [-0.3, -0.25) is 4.79 Å². The van der Waals surface area contributed by atoms with Crippen molar-refractivity contribution in [2.45, 2.75) is 6.42 Å². The zero-order valence-electron chi connectivity index (χ0n) is 11.7. The number of amides is 1. The van der Waals surface area contributed by atoms with E-state index in [1.807, 2.05) is 18.2 Å². The molecule has 106 valence electrons. The van der Waals surface area contributed by atoms with Crippen molar-refractivity contribution in [2.24, 2.45) is 0 Å². The number of ether oxygens (including phenoxy) is 1. The van der Waals surface area contributed by atoms with Gasteiger partial charge in [0.1, 0.15) is 0 Å². The zero-order chi connectivity index (χ0) is 14.2. The van der Waals surface area contributed by atoms with Crippen molar-refractivity contribution in [1.29, 1.82) is 0 Å². The van der Waals surface area contributed by atoms with Gasteiger partial charge in [0.15, 0.2) is 0 Å². The Balaban J connectivity index is 1.79. The fourth-order valence-electron chi connectivity index (χ4n) is 2.00. The quantitative estimate of drug-likeness (QED) is 0.761. The summed E-state index contributed by atoms with van der Waals surface area (Å²) in [4.78, 5) is 11.5. The third-order valence-electron chi connectivity index (χ3n) is 3.06. The summed E-state index contributed by atoms with van der Waals surface area (Å²) in [6.07, 6.45) is 0.455. The van der Waals surface area contributed by atoms with E-state index in [0.29, 0.717) is 26.1 Å². The summed E-state index contributed by atoms with van der Waals surface area (Å²) in [6, 6.07) is 14.4. The number of rotatable bonds is 7. The third kappa shape index (κ3) is 4.24. The van der Waals surface area contributed by atoms with Crippen molar-refractivity contribution in [1.82, 2.24) is 5.32 Å². The zero-order valence-corrected chi connectivity index (χ0v) is 11.7. The molecule has 0 heterocycles. The molecular weight excluding hydrogens is 252 g/mol. The van der Waals surface area contributed by atoms with Gasteiger partial charge in [-0.15, -0.1) is 0 Å². The maximum Gasteiger partial charge on any atom is 0.221 e. The molecule has 1 amide bonds. The average molecular weight is 272 g/mol. The van der Waals surface area contributed by atoms with E-state index >= 15 is 0 Å². The Kier molecular flexibility index (Phi) is 5.38. The van der Waals surface area contributed by atoms with Gasteiger partial charge in [0.25, 0.3) is 0 Å². The van der Waals surface area contributed by atoms with Crippen LogP contribution in [0.4, 0.5) is 5.69 Å². The lowest BCUT2D eigenvalue weighted by Crippen LogP contribution is -2.28. The average Bonchev–Trinajstić information content (AvgIpc) is 2.47. The van der Waals surface area contributed by atoms with E-state index in [1.54, 1.807) is 7.11 Å². The molecule has 0 aromatic heterocycles. The molecule has 0 aliphatic heterocycles. The van der Waals surface area contributed by atoms with Gasteiger partial charge < -0.3 is 15.4 Å². The highest BCUT2D eigenvalue weighted by Crippen LogP contribution is 2.18. The number of hydrogen-bond acceptors (Lipinski definition) is 3. The summed E-state index contributed by atoms with van der Waals surface area (Å²) in [5.74, 6) is 0.0374. The largest absolute Gasteiger partial charge is 0.385 e. The number of methoxy groups -OCH3 is 1. The van der Waals surface area contributed by atoms with E-state index in [9.17, 15) is 4.79 Å². The Bertz CT molecular complexity index is 569.